The number of nitrogens with one attached hydrogen (secondary N) is 3. The van der Waals surface area contributed by atoms with Crippen molar-refractivity contribution in [1.82, 2.24) is 30.7 Å². The van der Waals surface area contributed by atoms with Gasteiger partial charge in [0, 0.05) is 96.3 Å². The van der Waals surface area contributed by atoms with Gasteiger partial charge < -0.3 is 25.8 Å². The highest BCUT2D eigenvalue weighted by Crippen LogP contribution is 2.15. The highest BCUT2D eigenvalue weighted by Gasteiger charge is 2.21. The fourth-order valence-corrected chi connectivity index (χ4v) is 8.20. The van der Waals surface area contributed by atoms with Crippen LogP contribution in [0.2, 0.25) is 0 Å². The van der Waals surface area contributed by atoms with Gasteiger partial charge in [0.2, 0.25) is 17.7 Å². The average Bonchev–Trinajstić information content (AvgIpc) is 3.21. The number of nitrogens with zero attached hydrogens (tertiary/aromatic N) is 3. The Bertz CT molecular complexity index is 916. The zero-order valence-electron chi connectivity index (χ0n) is 38.8. The lowest BCUT2D eigenvalue weighted by atomic mass is 10.0. The number of hydrogen-bond donors (Lipinski definition) is 3. The van der Waals surface area contributed by atoms with Crippen molar-refractivity contribution in [2.75, 3.05) is 58.9 Å². The number of unbranched alkanes of at least 4 members (excludes halogenated alkanes) is 12. The van der Waals surface area contributed by atoms with E-state index in [2.05, 4.69) is 72.2 Å². The van der Waals surface area contributed by atoms with Gasteiger partial charge in [-0.1, -0.05) is 157 Å². The Morgan fingerprint density at radius 3 is 1.07 bits per heavy atom. The summed E-state index contributed by atoms with van der Waals surface area (Å²) >= 11 is 0. The van der Waals surface area contributed by atoms with Crippen LogP contribution in [0.4, 0.5) is 0 Å². The van der Waals surface area contributed by atoms with Crippen LogP contribution in [0, 0.1) is 0 Å². The molecule has 0 radical (unpaired) electrons. The number of carbonyl (C=O) groups excluding carboxylic acids is 3. The minimum absolute atomic E-state index is 0.151. The van der Waals surface area contributed by atoms with Crippen molar-refractivity contribution in [3.63, 3.8) is 0 Å². The first-order valence-corrected chi connectivity index (χ1v) is 24.8. The van der Waals surface area contributed by atoms with Crippen LogP contribution in [-0.4, -0.2) is 109 Å². The quantitative estimate of drug-likeness (QED) is 0.0536. The van der Waals surface area contributed by atoms with Gasteiger partial charge in [0.1, 0.15) is 0 Å². The van der Waals surface area contributed by atoms with Crippen molar-refractivity contribution >= 4 is 17.7 Å². The summed E-state index contributed by atoms with van der Waals surface area (Å²) in [6.45, 7) is 21.3. The van der Waals surface area contributed by atoms with Crippen LogP contribution in [0.3, 0.4) is 0 Å². The summed E-state index contributed by atoms with van der Waals surface area (Å²) in [5.74, 6) is 0.510. The predicted molar refractivity (Wildman–Crippen MR) is 244 cm³/mol. The molecule has 3 atom stereocenters. The second-order valence-electron chi connectivity index (χ2n) is 17.5. The number of carbonyl (C=O) groups is 3. The molecule has 0 saturated carbocycles. The van der Waals surface area contributed by atoms with Gasteiger partial charge in [0.15, 0.2) is 0 Å². The lowest BCUT2D eigenvalue weighted by Crippen LogP contribution is -2.49. The third-order valence-corrected chi connectivity index (χ3v) is 12.2. The molecule has 0 spiro atoms. The normalized spacial score (nSPS) is 15.4. The van der Waals surface area contributed by atoms with Gasteiger partial charge >= 0.3 is 0 Å². The topological polar surface area (TPSA) is 97.0 Å². The molecule has 1 heterocycles. The number of rotatable bonds is 39. The summed E-state index contributed by atoms with van der Waals surface area (Å²) in [6.07, 6.45) is 29.8. The van der Waals surface area contributed by atoms with E-state index in [1.165, 1.54) is 89.9 Å². The molecule has 1 fully saturated rings. The second kappa shape index (κ2) is 37.3. The molecule has 0 aliphatic carbocycles. The Balaban J connectivity index is 2.72. The van der Waals surface area contributed by atoms with Gasteiger partial charge in [-0.15, -0.1) is 0 Å². The Labute approximate surface area is 353 Å². The van der Waals surface area contributed by atoms with Gasteiger partial charge in [0.05, 0.1) is 0 Å². The summed E-state index contributed by atoms with van der Waals surface area (Å²) in [5, 5.41) is 10.2. The largest absolute Gasteiger partial charge is 0.353 e. The van der Waals surface area contributed by atoms with E-state index >= 15 is 0 Å². The molecule has 336 valence electrons. The van der Waals surface area contributed by atoms with Gasteiger partial charge in [-0.2, -0.15) is 0 Å². The third kappa shape index (κ3) is 30.0. The maximum Gasteiger partial charge on any atom is 0.221 e. The first-order chi connectivity index (χ1) is 27.8. The van der Waals surface area contributed by atoms with Crippen molar-refractivity contribution < 1.29 is 14.4 Å². The summed E-state index contributed by atoms with van der Waals surface area (Å²) in [7, 11) is 0. The van der Waals surface area contributed by atoms with Crippen molar-refractivity contribution in [3.8, 4) is 0 Å². The zero-order valence-corrected chi connectivity index (χ0v) is 38.8. The minimum atomic E-state index is 0.151. The molecule has 9 heteroatoms. The lowest BCUT2D eigenvalue weighted by Gasteiger charge is -2.36. The Kier molecular flexibility index (Phi) is 34.9. The van der Waals surface area contributed by atoms with Crippen LogP contribution >= 0.6 is 0 Å². The van der Waals surface area contributed by atoms with Crippen molar-refractivity contribution in [2.45, 2.75) is 233 Å². The number of amides is 3. The third-order valence-electron chi connectivity index (χ3n) is 12.2. The first-order valence-electron chi connectivity index (χ1n) is 24.8. The van der Waals surface area contributed by atoms with Crippen LogP contribution in [0.1, 0.15) is 215 Å². The molecule has 1 rings (SSSR count). The van der Waals surface area contributed by atoms with Crippen LogP contribution in [0.15, 0.2) is 0 Å². The van der Waals surface area contributed by atoms with E-state index in [1.807, 2.05) is 0 Å². The molecule has 0 bridgehead atoms. The fourth-order valence-electron chi connectivity index (χ4n) is 8.20. The lowest BCUT2D eigenvalue weighted by molar-refractivity contribution is -0.123. The highest BCUT2D eigenvalue weighted by molar-refractivity contribution is 5.77. The van der Waals surface area contributed by atoms with Gasteiger partial charge in [-0.3, -0.25) is 19.3 Å². The smallest absolute Gasteiger partial charge is 0.221 e. The van der Waals surface area contributed by atoms with Gasteiger partial charge in [-0.05, 0) is 38.5 Å². The van der Waals surface area contributed by atoms with E-state index < -0.39 is 0 Å². The Morgan fingerprint density at radius 1 is 0.404 bits per heavy atom. The van der Waals surface area contributed by atoms with E-state index in [4.69, 9.17) is 0 Å². The maximum absolute atomic E-state index is 13.3. The first kappa shape index (κ1) is 53.3. The Morgan fingerprint density at radius 2 is 0.719 bits per heavy atom. The summed E-state index contributed by atoms with van der Waals surface area (Å²) < 4.78 is 0. The molecule has 3 unspecified atom stereocenters. The molecule has 0 aromatic heterocycles. The van der Waals surface area contributed by atoms with Gasteiger partial charge in [0.25, 0.3) is 0 Å². The van der Waals surface area contributed by atoms with Crippen molar-refractivity contribution in [3.05, 3.63) is 0 Å². The molecular formula is C48H96N6O3. The number of piperazine rings is 1. The summed E-state index contributed by atoms with van der Waals surface area (Å²) in [6, 6.07) is 0.861. The Hall–Kier alpha value is -1.71. The molecule has 1 aliphatic rings. The fraction of sp³-hybridized carbons (Fsp3) is 0.938. The summed E-state index contributed by atoms with van der Waals surface area (Å²) in [5.41, 5.74) is 0. The monoisotopic (exact) mass is 805 g/mol. The number of hydrogen-bond acceptors (Lipinski definition) is 6. The van der Waals surface area contributed by atoms with E-state index in [1.54, 1.807) is 0 Å². The second-order valence-corrected chi connectivity index (χ2v) is 17.5. The molecule has 9 nitrogen and oxygen atoms in total. The van der Waals surface area contributed by atoms with E-state index in [9.17, 15) is 14.4 Å². The van der Waals surface area contributed by atoms with Crippen molar-refractivity contribution in [2.24, 2.45) is 0 Å². The SMILES string of the molecule is CCCCCCC(CCCC)NC(=O)CCN(CCC(=O)NC(CCCC)CCCCCC)CCN1CCN(CCC(=O)NC(CCCC)CCCCCC)CC1. The maximum atomic E-state index is 13.3. The van der Waals surface area contributed by atoms with E-state index in [0.29, 0.717) is 38.4 Å². The van der Waals surface area contributed by atoms with Crippen LogP contribution in [0.5, 0.6) is 0 Å². The molecule has 1 saturated heterocycles. The van der Waals surface area contributed by atoms with Crippen molar-refractivity contribution in [1.29, 1.82) is 0 Å². The molecule has 3 N–H and O–H groups in total. The molecule has 0 aromatic rings. The van der Waals surface area contributed by atoms with E-state index in [0.717, 1.165) is 110 Å². The molecule has 1 aliphatic heterocycles. The standard InChI is InChI=1S/C48H96N6O3/c1-7-13-19-22-28-43(25-16-10-4)49-46(55)31-34-52(35-32-47(56)50-44(26-17-11-5)29-23-20-14-8-2)37-40-54-41-38-53(39-42-54)36-33-48(57)51-45(27-18-12-6)30-24-21-15-9-3/h43-45H,7-42H2,1-6H3,(H,49,55)(H,50,56)(H,51,57). The highest BCUT2D eigenvalue weighted by atomic mass is 16.2. The van der Waals surface area contributed by atoms with E-state index in [-0.39, 0.29) is 29.8 Å². The minimum Gasteiger partial charge on any atom is -0.353 e. The van der Waals surface area contributed by atoms with Crippen LogP contribution in [-0.2, 0) is 14.4 Å². The molecule has 0 aromatic carbocycles. The average molecular weight is 805 g/mol. The summed E-state index contributed by atoms with van der Waals surface area (Å²) in [4.78, 5) is 46.9. The van der Waals surface area contributed by atoms with Crippen LogP contribution < -0.4 is 16.0 Å². The molecule has 3 amide bonds. The van der Waals surface area contributed by atoms with Crippen LogP contribution in [0.25, 0.3) is 0 Å². The van der Waals surface area contributed by atoms with Gasteiger partial charge in [-0.25, -0.2) is 0 Å². The molecular weight excluding hydrogens is 709 g/mol. The molecule has 57 heavy (non-hydrogen) atoms. The zero-order chi connectivity index (χ0) is 41.8. The predicted octanol–water partition coefficient (Wildman–Crippen LogP) is 10.0.